The van der Waals surface area contributed by atoms with E-state index in [0.717, 1.165) is 32.5 Å². The maximum Gasteiger partial charge on any atom is 0.216 e. The van der Waals surface area contributed by atoms with Gasteiger partial charge in [0.2, 0.25) is 5.91 Å². The first kappa shape index (κ1) is 16.4. The molecular weight excluding hydrogens is 246 g/mol. The smallest absolute Gasteiger partial charge is 0.216 e. The second kappa shape index (κ2) is 9.25. The van der Waals surface area contributed by atoms with Gasteiger partial charge in [0.1, 0.15) is 0 Å². The molecule has 0 aromatic carbocycles. The van der Waals surface area contributed by atoms with E-state index in [1.54, 1.807) is 0 Å². The Bertz CT molecular complexity index is 264. The zero-order chi connectivity index (χ0) is 14.1. The molecule has 0 aromatic heterocycles. The van der Waals surface area contributed by atoms with E-state index in [2.05, 4.69) is 15.5 Å². The molecule has 2 unspecified atom stereocenters. The number of piperidine rings is 1. The molecule has 6 heteroatoms. The molecule has 1 rings (SSSR count). The van der Waals surface area contributed by atoms with Crippen molar-refractivity contribution in [2.24, 2.45) is 5.92 Å². The summed E-state index contributed by atoms with van der Waals surface area (Å²) in [6.45, 7) is 5.89. The van der Waals surface area contributed by atoms with Crippen LogP contribution in [-0.2, 0) is 4.79 Å². The minimum Gasteiger partial charge on any atom is -0.396 e. The molecule has 0 radical (unpaired) electrons. The van der Waals surface area contributed by atoms with Crippen LogP contribution in [0.2, 0.25) is 0 Å². The van der Waals surface area contributed by atoms with E-state index >= 15 is 0 Å². The summed E-state index contributed by atoms with van der Waals surface area (Å²) in [5, 5.41) is 24.1. The maximum absolute atomic E-state index is 10.9. The van der Waals surface area contributed by atoms with E-state index in [-0.39, 0.29) is 19.1 Å². The Balaban J connectivity index is 2.37. The van der Waals surface area contributed by atoms with Gasteiger partial charge in [-0.3, -0.25) is 9.69 Å². The number of likely N-dealkylation sites (tertiary alicyclic amines) is 1. The van der Waals surface area contributed by atoms with Crippen molar-refractivity contribution in [3.05, 3.63) is 0 Å². The molecule has 1 aliphatic rings. The number of hydrogen-bond donors (Lipinski definition) is 4. The molecule has 1 fully saturated rings. The maximum atomic E-state index is 10.9. The van der Waals surface area contributed by atoms with Gasteiger partial charge in [-0.1, -0.05) is 0 Å². The van der Waals surface area contributed by atoms with E-state index in [4.69, 9.17) is 10.2 Å². The molecular formula is C13H27N3O3. The Morgan fingerprint density at radius 2 is 2.05 bits per heavy atom. The second-order valence-electron chi connectivity index (χ2n) is 5.23. The quantitative estimate of drug-likeness (QED) is 0.445. The summed E-state index contributed by atoms with van der Waals surface area (Å²) in [6, 6.07) is 0.356. The van der Waals surface area contributed by atoms with E-state index in [9.17, 15) is 4.79 Å². The normalized spacial score (nSPS) is 24.4. The Kier molecular flexibility index (Phi) is 7.97. The van der Waals surface area contributed by atoms with Crippen LogP contribution in [0.25, 0.3) is 0 Å². The zero-order valence-corrected chi connectivity index (χ0v) is 11.8. The van der Waals surface area contributed by atoms with Crippen LogP contribution >= 0.6 is 0 Å². The van der Waals surface area contributed by atoms with Crippen molar-refractivity contribution in [3.63, 3.8) is 0 Å². The lowest BCUT2D eigenvalue weighted by Crippen LogP contribution is -2.51. The molecule has 1 saturated heterocycles. The standard InChI is InChI=1S/C13H27N3O3/c1-11(19)14-3-5-16-9-12(2-6-17)8-13(10-16)15-4-7-18/h12-13,15,17-18H,2-10H2,1H3,(H,14,19). The van der Waals surface area contributed by atoms with Crippen LogP contribution in [0.15, 0.2) is 0 Å². The van der Waals surface area contributed by atoms with Crippen molar-refractivity contribution in [3.8, 4) is 0 Å². The zero-order valence-electron chi connectivity index (χ0n) is 11.8. The summed E-state index contributed by atoms with van der Waals surface area (Å²) in [5.74, 6) is 0.478. The molecule has 112 valence electrons. The fraction of sp³-hybridized carbons (Fsp3) is 0.923. The number of rotatable bonds is 8. The molecule has 1 aliphatic heterocycles. The van der Waals surface area contributed by atoms with E-state index in [1.165, 1.54) is 6.92 Å². The first-order chi connectivity index (χ1) is 9.15. The lowest BCUT2D eigenvalue weighted by Gasteiger charge is -2.38. The van der Waals surface area contributed by atoms with Gasteiger partial charge in [-0.05, 0) is 18.8 Å². The number of carbonyl (C=O) groups excluding carboxylic acids is 1. The van der Waals surface area contributed by atoms with E-state index in [1.807, 2.05) is 0 Å². The minimum atomic E-state index is -0.00104. The Labute approximate surface area is 115 Å². The van der Waals surface area contributed by atoms with Gasteiger partial charge in [0, 0.05) is 52.3 Å². The van der Waals surface area contributed by atoms with Gasteiger partial charge in [-0.25, -0.2) is 0 Å². The summed E-state index contributed by atoms with van der Waals surface area (Å²) in [5.41, 5.74) is 0. The predicted molar refractivity (Wildman–Crippen MR) is 73.8 cm³/mol. The van der Waals surface area contributed by atoms with Gasteiger partial charge in [-0.2, -0.15) is 0 Å². The van der Waals surface area contributed by atoms with Crippen LogP contribution in [0.3, 0.4) is 0 Å². The topological polar surface area (TPSA) is 84.8 Å². The van der Waals surface area contributed by atoms with Crippen LogP contribution in [0.5, 0.6) is 0 Å². The van der Waals surface area contributed by atoms with Crippen molar-refractivity contribution >= 4 is 5.91 Å². The van der Waals surface area contributed by atoms with E-state index in [0.29, 0.717) is 25.0 Å². The summed E-state index contributed by atoms with van der Waals surface area (Å²) < 4.78 is 0. The summed E-state index contributed by atoms with van der Waals surface area (Å²) in [6.07, 6.45) is 1.85. The summed E-state index contributed by atoms with van der Waals surface area (Å²) in [4.78, 5) is 13.2. The first-order valence-electron chi connectivity index (χ1n) is 7.07. The number of aliphatic hydroxyl groups is 2. The SMILES string of the molecule is CC(=O)NCCN1CC(CCO)CC(NCCO)C1. The highest BCUT2D eigenvalue weighted by atomic mass is 16.3. The summed E-state index contributed by atoms with van der Waals surface area (Å²) in [7, 11) is 0. The number of aliphatic hydroxyl groups excluding tert-OH is 2. The Morgan fingerprint density at radius 3 is 2.68 bits per heavy atom. The fourth-order valence-electron chi connectivity index (χ4n) is 2.68. The van der Waals surface area contributed by atoms with Gasteiger partial charge in [0.15, 0.2) is 0 Å². The van der Waals surface area contributed by atoms with Gasteiger partial charge in [0.25, 0.3) is 0 Å². The second-order valence-corrected chi connectivity index (χ2v) is 5.23. The molecule has 0 saturated carbocycles. The van der Waals surface area contributed by atoms with Crippen molar-refractivity contribution in [2.75, 3.05) is 45.9 Å². The van der Waals surface area contributed by atoms with Gasteiger partial charge in [-0.15, -0.1) is 0 Å². The molecule has 1 amide bonds. The van der Waals surface area contributed by atoms with Crippen molar-refractivity contribution < 1.29 is 15.0 Å². The number of hydrogen-bond acceptors (Lipinski definition) is 5. The van der Waals surface area contributed by atoms with Crippen LogP contribution in [0.1, 0.15) is 19.8 Å². The molecule has 2 atom stereocenters. The van der Waals surface area contributed by atoms with Gasteiger partial charge < -0.3 is 20.8 Å². The van der Waals surface area contributed by atoms with Crippen molar-refractivity contribution in [2.45, 2.75) is 25.8 Å². The lowest BCUT2D eigenvalue weighted by atomic mass is 9.91. The highest BCUT2D eigenvalue weighted by molar-refractivity contribution is 5.72. The average Bonchev–Trinajstić information content (AvgIpc) is 2.36. The minimum absolute atomic E-state index is 0.00104. The lowest BCUT2D eigenvalue weighted by molar-refractivity contribution is -0.119. The van der Waals surface area contributed by atoms with Crippen LogP contribution < -0.4 is 10.6 Å². The predicted octanol–water partition coefficient (Wildman–Crippen LogP) is -1.22. The number of nitrogens with one attached hydrogen (secondary N) is 2. The summed E-state index contributed by atoms with van der Waals surface area (Å²) >= 11 is 0. The average molecular weight is 273 g/mol. The van der Waals surface area contributed by atoms with Gasteiger partial charge in [0.05, 0.1) is 6.61 Å². The monoisotopic (exact) mass is 273 g/mol. The Morgan fingerprint density at radius 1 is 1.26 bits per heavy atom. The molecule has 0 aromatic rings. The number of amides is 1. The van der Waals surface area contributed by atoms with Gasteiger partial charge >= 0.3 is 0 Å². The van der Waals surface area contributed by atoms with E-state index < -0.39 is 0 Å². The molecule has 19 heavy (non-hydrogen) atoms. The van der Waals surface area contributed by atoms with Crippen LogP contribution in [0.4, 0.5) is 0 Å². The molecule has 0 bridgehead atoms. The third kappa shape index (κ3) is 6.87. The molecule has 6 nitrogen and oxygen atoms in total. The third-order valence-electron chi connectivity index (χ3n) is 3.50. The van der Waals surface area contributed by atoms with Crippen molar-refractivity contribution in [1.82, 2.24) is 15.5 Å². The third-order valence-corrected chi connectivity index (χ3v) is 3.50. The molecule has 4 N–H and O–H groups in total. The largest absolute Gasteiger partial charge is 0.396 e. The molecule has 0 aliphatic carbocycles. The fourth-order valence-corrected chi connectivity index (χ4v) is 2.68. The number of nitrogens with zero attached hydrogens (tertiary/aromatic N) is 1. The highest BCUT2D eigenvalue weighted by Crippen LogP contribution is 2.19. The first-order valence-corrected chi connectivity index (χ1v) is 7.07. The van der Waals surface area contributed by atoms with Crippen molar-refractivity contribution in [1.29, 1.82) is 0 Å². The Hall–Kier alpha value is -0.690. The highest BCUT2D eigenvalue weighted by Gasteiger charge is 2.26. The van der Waals surface area contributed by atoms with Crippen LogP contribution in [0, 0.1) is 5.92 Å². The number of carbonyl (C=O) groups is 1. The molecule has 1 heterocycles. The van der Waals surface area contributed by atoms with Crippen LogP contribution in [-0.4, -0.2) is 73.0 Å². The molecule has 0 spiro atoms.